The highest BCUT2D eigenvalue weighted by Gasteiger charge is 2.57. The lowest BCUT2D eigenvalue weighted by molar-refractivity contribution is -0.265. The van der Waals surface area contributed by atoms with Gasteiger partial charge in [0.2, 0.25) is 5.60 Å². The van der Waals surface area contributed by atoms with Gasteiger partial charge in [0.25, 0.3) is 5.91 Å². The van der Waals surface area contributed by atoms with Crippen LogP contribution in [0.3, 0.4) is 0 Å². The van der Waals surface area contributed by atoms with Gasteiger partial charge in [0.05, 0.1) is 31.1 Å². The fourth-order valence-corrected chi connectivity index (χ4v) is 4.53. The molecule has 5 N–H and O–H groups in total. The summed E-state index contributed by atoms with van der Waals surface area (Å²) in [6, 6.07) is 11.6. The van der Waals surface area contributed by atoms with E-state index in [2.05, 4.69) is 10.3 Å². The van der Waals surface area contributed by atoms with E-state index in [0.717, 1.165) is 31.0 Å². The fourth-order valence-electron chi connectivity index (χ4n) is 4.53. The number of carbonyl (C=O) groups is 1. The maximum Gasteiger partial charge on any atom is 0.424 e. The summed E-state index contributed by atoms with van der Waals surface area (Å²) >= 11 is 0. The Morgan fingerprint density at radius 2 is 1.79 bits per heavy atom. The molecule has 8 nitrogen and oxygen atoms in total. The zero-order valence-corrected chi connectivity index (χ0v) is 23.3. The first-order valence-electron chi connectivity index (χ1n) is 13.3. The molecule has 4 rings (SSSR count). The average molecular weight is 592 g/mol. The Bertz CT molecular complexity index is 1430. The van der Waals surface area contributed by atoms with Crippen molar-refractivity contribution >= 4 is 5.91 Å². The van der Waals surface area contributed by atoms with Gasteiger partial charge in [0, 0.05) is 16.7 Å². The van der Waals surface area contributed by atoms with Gasteiger partial charge in [0.15, 0.2) is 11.5 Å². The van der Waals surface area contributed by atoms with Gasteiger partial charge in [-0.2, -0.15) is 13.2 Å². The molecule has 1 aliphatic rings. The molecule has 2 aromatic carbocycles. The maximum absolute atomic E-state index is 14.6. The highest BCUT2D eigenvalue weighted by molar-refractivity contribution is 5.95. The molecular weight excluding hydrogens is 558 g/mol. The number of pyridine rings is 1. The lowest BCUT2D eigenvalue weighted by atomic mass is 9.85. The number of halogens is 4. The number of nitrogens with one attached hydrogen (secondary N) is 1. The second-order valence-electron chi connectivity index (χ2n) is 10.8. The Labute approximate surface area is 240 Å². The molecule has 1 fully saturated rings. The molecule has 42 heavy (non-hydrogen) atoms. The van der Waals surface area contributed by atoms with E-state index in [9.17, 15) is 32.6 Å². The lowest BCUT2D eigenvalue weighted by Crippen LogP contribution is -2.52. The number of alkyl halides is 3. The minimum atomic E-state index is -5.26. The Morgan fingerprint density at radius 1 is 1.12 bits per heavy atom. The van der Waals surface area contributed by atoms with E-state index in [4.69, 9.17) is 15.2 Å². The molecular formula is C30H33F4N3O5. The molecule has 1 heterocycles. The first-order chi connectivity index (χ1) is 19.7. The topological polar surface area (TPSA) is 127 Å². The van der Waals surface area contributed by atoms with Crippen LogP contribution in [0.2, 0.25) is 0 Å². The number of amides is 1. The highest BCUT2D eigenvalue weighted by atomic mass is 19.4. The van der Waals surface area contributed by atoms with Gasteiger partial charge in [-0.05, 0) is 92.8 Å². The summed E-state index contributed by atoms with van der Waals surface area (Å²) in [4.78, 5) is 17.1. The third kappa shape index (κ3) is 6.66. The van der Waals surface area contributed by atoms with Gasteiger partial charge in [-0.25, -0.2) is 9.37 Å². The number of hydrogen-bond donors (Lipinski definition) is 4. The smallest absolute Gasteiger partial charge is 0.424 e. The predicted octanol–water partition coefficient (Wildman–Crippen LogP) is 4.42. The quantitative estimate of drug-likeness (QED) is 0.243. The molecule has 0 aliphatic heterocycles. The molecule has 0 bridgehead atoms. The first-order valence-corrected chi connectivity index (χ1v) is 13.3. The third-order valence-electron chi connectivity index (χ3n) is 7.32. The zero-order chi connectivity index (χ0) is 30.9. The molecule has 0 radical (unpaired) electrons. The molecule has 1 aliphatic carbocycles. The van der Waals surface area contributed by atoms with Gasteiger partial charge in [-0.3, -0.25) is 4.79 Å². The monoisotopic (exact) mass is 591 g/mol. The summed E-state index contributed by atoms with van der Waals surface area (Å²) in [6.45, 7) is 1.91. The summed E-state index contributed by atoms with van der Waals surface area (Å²) in [7, 11) is 1.32. The number of carbonyl (C=O) groups excluding carboxylic acids is 1. The number of methoxy groups -OCH3 is 1. The van der Waals surface area contributed by atoms with Crippen LogP contribution in [0, 0.1) is 11.7 Å². The molecule has 3 atom stereocenters. The molecule has 12 heteroatoms. The third-order valence-corrected chi connectivity index (χ3v) is 7.32. The van der Waals surface area contributed by atoms with E-state index in [0.29, 0.717) is 11.1 Å². The number of aromatic nitrogens is 1. The van der Waals surface area contributed by atoms with Crippen LogP contribution < -0.4 is 20.5 Å². The first kappa shape index (κ1) is 31.2. The Morgan fingerprint density at radius 3 is 2.36 bits per heavy atom. The van der Waals surface area contributed by atoms with Crippen LogP contribution in [0.4, 0.5) is 17.6 Å². The van der Waals surface area contributed by atoms with Gasteiger partial charge in [-0.15, -0.1) is 0 Å². The van der Waals surface area contributed by atoms with E-state index in [1.807, 2.05) is 0 Å². The number of aliphatic hydroxyl groups excluding tert-OH is 1. The number of benzene rings is 2. The summed E-state index contributed by atoms with van der Waals surface area (Å²) in [5, 5.41) is 22.8. The summed E-state index contributed by atoms with van der Waals surface area (Å²) in [5.41, 5.74) is 1.83. The summed E-state index contributed by atoms with van der Waals surface area (Å²) in [6.07, 6.45) is -4.44. The average Bonchev–Trinajstić information content (AvgIpc) is 3.80. The molecule has 3 aromatic rings. The number of ether oxygens (including phenoxy) is 2. The molecule has 1 saturated carbocycles. The van der Waals surface area contributed by atoms with Crippen molar-refractivity contribution in [2.45, 2.75) is 50.1 Å². The van der Waals surface area contributed by atoms with E-state index in [1.54, 1.807) is 6.92 Å². The molecule has 3 unspecified atom stereocenters. The van der Waals surface area contributed by atoms with Crippen molar-refractivity contribution in [3.05, 3.63) is 77.2 Å². The van der Waals surface area contributed by atoms with Crippen molar-refractivity contribution in [3.63, 3.8) is 0 Å². The maximum atomic E-state index is 14.6. The predicted molar refractivity (Wildman–Crippen MR) is 146 cm³/mol. The Balaban J connectivity index is 1.69. The normalized spacial score (nSPS) is 17.1. The van der Waals surface area contributed by atoms with Crippen molar-refractivity contribution in [1.82, 2.24) is 10.3 Å². The molecule has 1 amide bonds. The van der Waals surface area contributed by atoms with Crippen molar-refractivity contribution in [3.8, 4) is 22.8 Å². The van der Waals surface area contributed by atoms with Gasteiger partial charge in [-0.1, -0.05) is 0 Å². The van der Waals surface area contributed by atoms with E-state index in [1.165, 1.54) is 50.4 Å². The van der Waals surface area contributed by atoms with Crippen LogP contribution in [-0.2, 0) is 11.1 Å². The lowest BCUT2D eigenvalue weighted by Gasteiger charge is -2.33. The number of nitrogens with two attached hydrogens (primary N) is 1. The minimum Gasteiger partial charge on any atom is -0.493 e. The number of hydrogen-bond acceptors (Lipinski definition) is 7. The van der Waals surface area contributed by atoms with Gasteiger partial charge >= 0.3 is 6.18 Å². The van der Waals surface area contributed by atoms with Crippen molar-refractivity contribution in [2.75, 3.05) is 20.3 Å². The highest BCUT2D eigenvalue weighted by Crippen LogP contribution is 2.46. The second kappa shape index (κ2) is 11.9. The minimum absolute atomic E-state index is 0.0232. The van der Waals surface area contributed by atoms with E-state index >= 15 is 0 Å². The molecule has 226 valence electrons. The number of aliphatic hydroxyl groups is 2. The SMILES string of the molecule is COc1cc(C(=O)NCC(O)(c2cc(C(C)(N)C3CC3)cc(-c3ccc(F)cc3)n2)C(F)(F)F)ccc1OCC(C)O. The van der Waals surface area contributed by atoms with Crippen LogP contribution in [-0.4, -0.2) is 53.6 Å². The summed E-state index contributed by atoms with van der Waals surface area (Å²) < 4.78 is 67.9. The number of nitrogens with zero attached hydrogens (tertiary/aromatic N) is 1. The molecule has 1 aromatic heterocycles. The zero-order valence-electron chi connectivity index (χ0n) is 23.3. The van der Waals surface area contributed by atoms with Crippen LogP contribution >= 0.6 is 0 Å². The standard InChI is InChI=1S/C30H33F4N3O5/c1-17(38)15-42-24-11-6-19(12-25(24)41-3)27(39)36-16-29(40,30(32,33)34)26-14-21(28(2,35)20-7-8-20)13-23(37-26)18-4-9-22(31)10-5-18/h4-6,9-14,17,20,38,40H,7-8,15-16,35H2,1-3H3,(H,36,39). The summed E-state index contributed by atoms with van der Waals surface area (Å²) in [5.74, 6) is -1.10. The van der Waals surface area contributed by atoms with Gasteiger partial charge < -0.3 is 30.7 Å². The van der Waals surface area contributed by atoms with Crippen LogP contribution in [0.25, 0.3) is 11.3 Å². The van der Waals surface area contributed by atoms with Crippen molar-refractivity contribution < 1.29 is 42.0 Å². The Hall–Kier alpha value is -3.74. The van der Waals surface area contributed by atoms with Crippen LogP contribution in [0.1, 0.15) is 48.3 Å². The molecule has 0 saturated heterocycles. The fraction of sp³-hybridized carbons (Fsp3) is 0.400. The van der Waals surface area contributed by atoms with E-state index in [-0.39, 0.29) is 35.3 Å². The largest absolute Gasteiger partial charge is 0.493 e. The molecule has 0 spiro atoms. The van der Waals surface area contributed by atoms with Crippen LogP contribution in [0.5, 0.6) is 11.5 Å². The van der Waals surface area contributed by atoms with Gasteiger partial charge in [0.1, 0.15) is 12.4 Å². The van der Waals surface area contributed by atoms with E-state index < -0.39 is 47.4 Å². The van der Waals surface area contributed by atoms with Crippen molar-refractivity contribution in [1.29, 1.82) is 0 Å². The van der Waals surface area contributed by atoms with Crippen LogP contribution in [0.15, 0.2) is 54.6 Å². The Kier molecular flexibility index (Phi) is 8.81. The number of rotatable bonds is 11. The van der Waals surface area contributed by atoms with Crippen molar-refractivity contribution in [2.24, 2.45) is 11.7 Å². The second-order valence-corrected chi connectivity index (χ2v) is 10.8.